The van der Waals surface area contributed by atoms with E-state index in [0.29, 0.717) is 0 Å². The van der Waals surface area contributed by atoms with E-state index in [4.69, 9.17) is 0 Å². The Labute approximate surface area is 71.8 Å². The van der Waals surface area contributed by atoms with Gasteiger partial charge in [-0.15, -0.1) is 0 Å². The van der Waals surface area contributed by atoms with Crippen LogP contribution in [-0.2, 0) is 0 Å². The molecule has 0 aromatic heterocycles. The number of hydrogen-bond acceptors (Lipinski definition) is 1. The third-order valence-corrected chi connectivity index (χ3v) is 1.87. The zero-order valence-electron chi connectivity index (χ0n) is 8.56. The minimum Gasteiger partial charge on any atom is -0.306 e. The maximum atomic E-state index is 2.44. The van der Waals surface area contributed by atoms with Gasteiger partial charge < -0.3 is 4.90 Å². The molecule has 0 aromatic carbocycles. The van der Waals surface area contributed by atoms with Gasteiger partial charge in [0.1, 0.15) is 0 Å². The van der Waals surface area contributed by atoms with Gasteiger partial charge in [0.25, 0.3) is 0 Å². The van der Waals surface area contributed by atoms with Gasteiger partial charge in [-0.25, -0.2) is 0 Å². The predicted molar refractivity (Wildman–Crippen MR) is 51.9 cm³/mol. The summed E-state index contributed by atoms with van der Waals surface area (Å²) in [5.41, 5.74) is 0. The summed E-state index contributed by atoms with van der Waals surface area (Å²) in [7, 11) is 2.22. The van der Waals surface area contributed by atoms with Crippen molar-refractivity contribution >= 4 is 0 Å². The van der Waals surface area contributed by atoms with Gasteiger partial charge in [0.2, 0.25) is 0 Å². The first-order valence-corrected chi connectivity index (χ1v) is 5.01. The van der Waals surface area contributed by atoms with E-state index in [1.165, 1.54) is 32.4 Å². The van der Waals surface area contributed by atoms with Crippen LogP contribution in [-0.4, -0.2) is 25.0 Å². The second-order valence-electron chi connectivity index (χ2n) is 3.21. The molecule has 0 N–H and O–H groups in total. The maximum absolute atomic E-state index is 2.44. The fourth-order valence-electron chi connectivity index (χ4n) is 1.21. The first-order valence-electron chi connectivity index (χ1n) is 5.01. The molecule has 0 heterocycles. The van der Waals surface area contributed by atoms with Crippen LogP contribution < -0.4 is 0 Å². The Morgan fingerprint density at radius 2 is 1.82 bits per heavy atom. The van der Waals surface area contributed by atoms with Gasteiger partial charge in [-0.05, 0) is 38.8 Å². The van der Waals surface area contributed by atoms with Crippen molar-refractivity contribution < 1.29 is 0 Å². The summed E-state index contributed by atoms with van der Waals surface area (Å²) in [6, 6.07) is 0. The van der Waals surface area contributed by atoms with Gasteiger partial charge in [0.15, 0.2) is 0 Å². The Bertz CT molecular complexity index is 76.9. The average molecular weight is 157 g/mol. The molecule has 68 valence electrons. The van der Waals surface area contributed by atoms with Crippen LogP contribution in [0.3, 0.4) is 0 Å². The minimum absolute atomic E-state index is 1.06. The number of nitrogens with zero attached hydrogens (tertiary/aromatic N) is 1. The Hall–Kier alpha value is -0.0400. The van der Waals surface area contributed by atoms with Crippen molar-refractivity contribution in [3.63, 3.8) is 0 Å². The molecule has 1 heteroatoms. The van der Waals surface area contributed by atoms with Crippen LogP contribution in [0, 0.1) is 5.92 Å². The van der Waals surface area contributed by atoms with E-state index >= 15 is 0 Å². The lowest BCUT2D eigenvalue weighted by molar-refractivity contribution is 0.321. The van der Waals surface area contributed by atoms with E-state index in [1.807, 2.05) is 13.8 Å². The average Bonchev–Trinajstić information content (AvgIpc) is 2.77. The minimum atomic E-state index is 1.06. The second kappa shape index (κ2) is 6.66. The molecule has 1 aliphatic rings. The van der Waals surface area contributed by atoms with Crippen molar-refractivity contribution in [1.82, 2.24) is 4.90 Å². The fourth-order valence-corrected chi connectivity index (χ4v) is 1.21. The summed E-state index contributed by atoms with van der Waals surface area (Å²) in [5.74, 6) is 1.06. The number of hydrogen-bond donors (Lipinski definition) is 0. The van der Waals surface area contributed by atoms with Crippen molar-refractivity contribution in [3.8, 4) is 0 Å². The molecule has 1 saturated carbocycles. The Morgan fingerprint density at radius 3 is 2.18 bits per heavy atom. The molecule has 1 fully saturated rings. The van der Waals surface area contributed by atoms with Crippen LogP contribution in [0.5, 0.6) is 0 Å². The molecule has 0 radical (unpaired) electrons. The molecular formula is C10H23N. The van der Waals surface area contributed by atoms with Gasteiger partial charge in [-0.2, -0.15) is 0 Å². The van der Waals surface area contributed by atoms with E-state index in [0.717, 1.165) is 5.92 Å². The molecular weight excluding hydrogens is 134 g/mol. The summed E-state index contributed by atoms with van der Waals surface area (Å²) >= 11 is 0. The smallest absolute Gasteiger partial charge is 0.000661 e. The Kier molecular flexibility index (Phi) is 6.63. The highest BCUT2D eigenvalue weighted by molar-refractivity contribution is 4.75. The zero-order valence-corrected chi connectivity index (χ0v) is 8.56. The van der Waals surface area contributed by atoms with Crippen molar-refractivity contribution in [1.29, 1.82) is 0 Å². The van der Waals surface area contributed by atoms with Crippen LogP contribution in [0.15, 0.2) is 0 Å². The lowest BCUT2D eigenvalue weighted by Crippen LogP contribution is -2.21. The highest BCUT2D eigenvalue weighted by atomic mass is 15.1. The van der Waals surface area contributed by atoms with Crippen molar-refractivity contribution in [3.05, 3.63) is 0 Å². The van der Waals surface area contributed by atoms with Crippen LogP contribution in [0.1, 0.15) is 40.0 Å². The van der Waals surface area contributed by atoms with Gasteiger partial charge in [0, 0.05) is 6.54 Å². The second-order valence-corrected chi connectivity index (χ2v) is 3.21. The standard InChI is InChI=1S/C8H17N.C2H6/c1-3-6-9(2)7-8-4-5-8;1-2/h8H,3-7H2,1-2H3;1-2H3. The molecule has 1 aliphatic carbocycles. The topological polar surface area (TPSA) is 3.24 Å². The molecule has 11 heavy (non-hydrogen) atoms. The van der Waals surface area contributed by atoms with Crippen LogP contribution in [0.2, 0.25) is 0 Å². The van der Waals surface area contributed by atoms with Crippen LogP contribution in [0.25, 0.3) is 0 Å². The van der Waals surface area contributed by atoms with E-state index in [9.17, 15) is 0 Å². The van der Waals surface area contributed by atoms with E-state index in [2.05, 4.69) is 18.9 Å². The van der Waals surface area contributed by atoms with Crippen LogP contribution in [0.4, 0.5) is 0 Å². The molecule has 0 bridgehead atoms. The van der Waals surface area contributed by atoms with Gasteiger partial charge in [-0.1, -0.05) is 20.8 Å². The third-order valence-electron chi connectivity index (χ3n) is 1.87. The van der Waals surface area contributed by atoms with Crippen molar-refractivity contribution in [2.75, 3.05) is 20.1 Å². The SMILES string of the molecule is CC.CCCN(C)CC1CC1. The molecule has 0 aliphatic heterocycles. The lowest BCUT2D eigenvalue weighted by atomic mass is 10.3. The first kappa shape index (κ1) is 11.0. The molecule has 0 atom stereocenters. The number of rotatable bonds is 4. The predicted octanol–water partition coefficient (Wildman–Crippen LogP) is 2.76. The van der Waals surface area contributed by atoms with E-state index in [-0.39, 0.29) is 0 Å². The summed E-state index contributed by atoms with van der Waals surface area (Å²) in [6.07, 6.45) is 4.26. The molecule has 0 aromatic rings. The normalized spacial score (nSPS) is 16.1. The van der Waals surface area contributed by atoms with Crippen molar-refractivity contribution in [2.45, 2.75) is 40.0 Å². The molecule has 1 rings (SSSR count). The van der Waals surface area contributed by atoms with Gasteiger partial charge in [-0.3, -0.25) is 0 Å². The Morgan fingerprint density at radius 1 is 1.27 bits per heavy atom. The molecule has 0 spiro atoms. The molecule has 0 amide bonds. The van der Waals surface area contributed by atoms with Gasteiger partial charge in [0.05, 0.1) is 0 Å². The summed E-state index contributed by atoms with van der Waals surface area (Å²) in [5, 5.41) is 0. The Balaban J connectivity index is 0.000000461. The fraction of sp³-hybridized carbons (Fsp3) is 1.00. The quantitative estimate of drug-likeness (QED) is 0.606. The van der Waals surface area contributed by atoms with E-state index in [1.54, 1.807) is 0 Å². The maximum Gasteiger partial charge on any atom is 0.000661 e. The monoisotopic (exact) mass is 157 g/mol. The van der Waals surface area contributed by atoms with E-state index < -0.39 is 0 Å². The highest BCUT2D eigenvalue weighted by Crippen LogP contribution is 2.29. The summed E-state index contributed by atoms with van der Waals surface area (Å²) in [6.45, 7) is 8.85. The molecule has 0 saturated heterocycles. The van der Waals surface area contributed by atoms with Gasteiger partial charge >= 0.3 is 0 Å². The van der Waals surface area contributed by atoms with Crippen molar-refractivity contribution in [2.24, 2.45) is 5.92 Å². The summed E-state index contributed by atoms with van der Waals surface area (Å²) in [4.78, 5) is 2.44. The lowest BCUT2D eigenvalue weighted by Gasteiger charge is -2.13. The van der Waals surface area contributed by atoms with Crippen LogP contribution >= 0.6 is 0 Å². The molecule has 1 nitrogen and oxygen atoms in total. The first-order chi connectivity index (χ1) is 5.33. The largest absolute Gasteiger partial charge is 0.306 e. The molecule has 0 unspecified atom stereocenters. The highest BCUT2D eigenvalue weighted by Gasteiger charge is 2.21. The third kappa shape index (κ3) is 6.36. The zero-order chi connectivity index (χ0) is 8.69. The summed E-state index contributed by atoms with van der Waals surface area (Å²) < 4.78 is 0.